The molecule has 0 bridgehead atoms. The molecule has 9 heteroatoms. The van der Waals surface area contributed by atoms with Gasteiger partial charge in [0.25, 0.3) is 0 Å². The Kier molecular flexibility index (Phi) is 5.87. The summed E-state index contributed by atoms with van der Waals surface area (Å²) < 4.78 is 38.9. The number of rotatable bonds is 4. The topological polar surface area (TPSA) is 69.8 Å². The van der Waals surface area contributed by atoms with Crippen molar-refractivity contribution in [3.8, 4) is 22.5 Å². The van der Waals surface area contributed by atoms with E-state index in [0.29, 0.717) is 5.69 Å². The highest BCUT2D eigenvalue weighted by atomic mass is 35.5. The highest BCUT2D eigenvalue weighted by Gasteiger charge is 2.33. The van der Waals surface area contributed by atoms with Crippen molar-refractivity contribution >= 4 is 29.0 Å². The van der Waals surface area contributed by atoms with Crippen molar-refractivity contribution in [2.45, 2.75) is 6.18 Å². The minimum absolute atomic E-state index is 0.0262. The summed E-state index contributed by atoms with van der Waals surface area (Å²) in [6.45, 7) is 0. The molecule has 0 saturated carbocycles. The van der Waals surface area contributed by atoms with Crippen molar-refractivity contribution in [3.05, 3.63) is 89.4 Å². The first-order valence-corrected chi connectivity index (χ1v) is 9.83. The van der Waals surface area contributed by atoms with E-state index in [-0.39, 0.29) is 5.69 Å². The fourth-order valence-corrected chi connectivity index (χ4v) is 3.30. The number of alkyl halides is 3. The molecule has 5 nitrogen and oxygen atoms in total. The molecule has 0 saturated heterocycles. The second kappa shape index (κ2) is 8.76. The van der Waals surface area contributed by atoms with Crippen molar-refractivity contribution in [2.24, 2.45) is 0 Å². The van der Waals surface area contributed by atoms with Crippen LogP contribution in [0, 0.1) is 0 Å². The summed E-state index contributed by atoms with van der Waals surface area (Å²) in [5.41, 5.74) is 2.89. The summed E-state index contributed by atoms with van der Waals surface area (Å²) in [7, 11) is 0. The number of aromatic nitrogens is 2. The lowest BCUT2D eigenvalue weighted by Crippen LogP contribution is -2.19. The maximum atomic E-state index is 13.0. The standard InChI is InChI=1S/C23H16ClF3N4O/c24-19-11-10-17(12-18(19)23(25,26)27)29-22(32)28-16-8-6-15(7-9-16)21-13-20(30-31-21)14-4-2-1-3-5-14/h1-13H,(H,30,31)(H2,28,29,32). The van der Waals surface area contributed by atoms with Gasteiger partial charge in [-0.2, -0.15) is 18.3 Å². The highest BCUT2D eigenvalue weighted by Crippen LogP contribution is 2.36. The molecule has 4 rings (SSSR count). The van der Waals surface area contributed by atoms with E-state index in [1.165, 1.54) is 6.07 Å². The van der Waals surface area contributed by atoms with Crippen LogP contribution in [0.2, 0.25) is 5.02 Å². The van der Waals surface area contributed by atoms with E-state index in [0.717, 1.165) is 34.6 Å². The molecule has 162 valence electrons. The van der Waals surface area contributed by atoms with Crippen LogP contribution in [0.15, 0.2) is 78.9 Å². The predicted octanol–water partition coefficient (Wildman–Crippen LogP) is 7.06. The van der Waals surface area contributed by atoms with Crippen LogP contribution in [0.1, 0.15) is 5.56 Å². The van der Waals surface area contributed by atoms with Gasteiger partial charge in [-0.25, -0.2) is 4.79 Å². The number of urea groups is 1. The van der Waals surface area contributed by atoms with Gasteiger partial charge < -0.3 is 10.6 Å². The number of carbonyl (C=O) groups excluding carboxylic acids is 1. The van der Waals surface area contributed by atoms with E-state index in [4.69, 9.17) is 11.6 Å². The van der Waals surface area contributed by atoms with Crippen LogP contribution < -0.4 is 10.6 Å². The largest absolute Gasteiger partial charge is 0.417 e. The van der Waals surface area contributed by atoms with Crippen LogP contribution in [0.25, 0.3) is 22.5 Å². The minimum atomic E-state index is -4.62. The number of nitrogens with one attached hydrogen (secondary N) is 3. The summed E-state index contributed by atoms with van der Waals surface area (Å²) in [6, 6.07) is 21.1. The number of halogens is 4. The Hall–Kier alpha value is -3.78. The third kappa shape index (κ3) is 4.92. The maximum absolute atomic E-state index is 13.0. The summed E-state index contributed by atoms with van der Waals surface area (Å²) in [5.74, 6) is 0. The van der Waals surface area contributed by atoms with Crippen molar-refractivity contribution in [1.82, 2.24) is 10.2 Å². The third-order valence-electron chi connectivity index (χ3n) is 4.63. The number of hydrogen-bond acceptors (Lipinski definition) is 2. The molecule has 0 fully saturated rings. The lowest BCUT2D eigenvalue weighted by molar-refractivity contribution is -0.137. The molecule has 0 aliphatic carbocycles. The Morgan fingerprint density at radius 1 is 0.844 bits per heavy atom. The van der Waals surface area contributed by atoms with Crippen LogP contribution >= 0.6 is 11.6 Å². The second-order valence-electron chi connectivity index (χ2n) is 6.88. The number of anilines is 2. The Morgan fingerprint density at radius 3 is 2.19 bits per heavy atom. The molecule has 0 atom stereocenters. The normalized spacial score (nSPS) is 11.2. The lowest BCUT2D eigenvalue weighted by Gasteiger charge is -2.12. The Labute approximate surface area is 186 Å². The van der Waals surface area contributed by atoms with E-state index in [9.17, 15) is 18.0 Å². The average molecular weight is 457 g/mol. The average Bonchev–Trinajstić information content (AvgIpc) is 3.26. The third-order valence-corrected chi connectivity index (χ3v) is 4.96. The number of carbonyl (C=O) groups is 1. The molecule has 0 spiro atoms. The van der Waals surface area contributed by atoms with Gasteiger partial charge in [0.1, 0.15) is 0 Å². The van der Waals surface area contributed by atoms with Gasteiger partial charge >= 0.3 is 12.2 Å². The predicted molar refractivity (Wildman–Crippen MR) is 119 cm³/mol. The summed E-state index contributed by atoms with van der Waals surface area (Å²) >= 11 is 5.59. The molecule has 0 aliphatic heterocycles. The number of amides is 2. The first kappa shape index (κ1) is 21.5. The van der Waals surface area contributed by atoms with Crippen LogP contribution in [-0.4, -0.2) is 16.2 Å². The number of nitrogens with zero attached hydrogens (tertiary/aromatic N) is 1. The maximum Gasteiger partial charge on any atom is 0.417 e. The molecule has 3 aromatic carbocycles. The Bertz CT molecular complexity index is 1240. The number of aromatic amines is 1. The zero-order valence-corrected chi connectivity index (χ0v) is 17.1. The zero-order valence-electron chi connectivity index (χ0n) is 16.4. The second-order valence-corrected chi connectivity index (χ2v) is 7.29. The minimum Gasteiger partial charge on any atom is -0.308 e. The SMILES string of the molecule is O=C(Nc1ccc(-c2cc(-c3ccccc3)n[nH]2)cc1)Nc1ccc(Cl)c(C(F)(F)F)c1. The molecule has 0 unspecified atom stereocenters. The molecule has 3 N–H and O–H groups in total. The van der Waals surface area contributed by atoms with E-state index in [1.807, 2.05) is 36.4 Å². The van der Waals surface area contributed by atoms with Gasteiger partial charge in [0.2, 0.25) is 0 Å². The molecular formula is C23H16ClF3N4O. The smallest absolute Gasteiger partial charge is 0.308 e. The first-order chi connectivity index (χ1) is 15.3. The Morgan fingerprint density at radius 2 is 1.50 bits per heavy atom. The van der Waals surface area contributed by atoms with Crippen LogP contribution in [-0.2, 0) is 6.18 Å². The summed E-state index contributed by atoms with van der Waals surface area (Å²) in [5, 5.41) is 11.8. The van der Waals surface area contributed by atoms with Gasteiger partial charge in [0, 0.05) is 16.9 Å². The van der Waals surface area contributed by atoms with E-state index < -0.39 is 22.8 Å². The molecule has 4 aromatic rings. The van der Waals surface area contributed by atoms with Crippen molar-refractivity contribution in [1.29, 1.82) is 0 Å². The molecule has 2 amide bonds. The van der Waals surface area contributed by atoms with Crippen molar-refractivity contribution in [2.75, 3.05) is 10.6 Å². The number of hydrogen-bond donors (Lipinski definition) is 3. The molecule has 0 aliphatic rings. The van der Waals surface area contributed by atoms with Gasteiger partial charge in [-0.1, -0.05) is 54.1 Å². The number of benzene rings is 3. The van der Waals surface area contributed by atoms with Gasteiger partial charge in [-0.3, -0.25) is 5.10 Å². The molecule has 1 aromatic heterocycles. The summed E-state index contributed by atoms with van der Waals surface area (Å²) in [4.78, 5) is 12.2. The van der Waals surface area contributed by atoms with E-state index in [1.54, 1.807) is 24.3 Å². The van der Waals surface area contributed by atoms with Gasteiger partial charge in [0.05, 0.1) is 22.0 Å². The monoisotopic (exact) mass is 456 g/mol. The lowest BCUT2D eigenvalue weighted by atomic mass is 10.1. The Balaban J connectivity index is 1.42. The quantitative estimate of drug-likeness (QED) is 0.307. The molecule has 0 radical (unpaired) electrons. The van der Waals surface area contributed by atoms with Gasteiger partial charge in [-0.15, -0.1) is 0 Å². The van der Waals surface area contributed by atoms with E-state index in [2.05, 4.69) is 20.8 Å². The first-order valence-electron chi connectivity index (χ1n) is 9.45. The fourth-order valence-electron chi connectivity index (χ4n) is 3.07. The van der Waals surface area contributed by atoms with Gasteiger partial charge in [0.15, 0.2) is 0 Å². The highest BCUT2D eigenvalue weighted by molar-refractivity contribution is 6.31. The number of H-pyrrole nitrogens is 1. The molecule has 32 heavy (non-hydrogen) atoms. The van der Waals surface area contributed by atoms with Crippen molar-refractivity contribution < 1.29 is 18.0 Å². The fraction of sp³-hybridized carbons (Fsp3) is 0.0435. The van der Waals surface area contributed by atoms with Crippen molar-refractivity contribution in [3.63, 3.8) is 0 Å². The van der Waals surface area contributed by atoms with E-state index >= 15 is 0 Å². The molecule has 1 heterocycles. The summed E-state index contributed by atoms with van der Waals surface area (Å²) in [6.07, 6.45) is -4.62. The van der Waals surface area contributed by atoms with Crippen LogP contribution in [0.5, 0.6) is 0 Å². The zero-order chi connectivity index (χ0) is 22.7. The molecular weight excluding hydrogens is 441 g/mol. The van der Waals surface area contributed by atoms with Crippen LogP contribution in [0.3, 0.4) is 0 Å². The van der Waals surface area contributed by atoms with Gasteiger partial charge in [-0.05, 0) is 42.0 Å². The van der Waals surface area contributed by atoms with Crippen LogP contribution in [0.4, 0.5) is 29.3 Å².